The number of amides is 1. The van der Waals surface area contributed by atoms with Crippen LogP contribution >= 0.6 is 0 Å². The maximum absolute atomic E-state index is 13.8. The van der Waals surface area contributed by atoms with Crippen LogP contribution in [0.2, 0.25) is 0 Å². The molecule has 2 atom stereocenters. The van der Waals surface area contributed by atoms with Crippen molar-refractivity contribution in [1.82, 2.24) is 10.6 Å². The van der Waals surface area contributed by atoms with Crippen LogP contribution in [0.4, 0.5) is 13.2 Å². The Labute approximate surface area is 232 Å². The fraction of sp³-hybridized carbons (Fsp3) is 0.344. The molecule has 0 bridgehead atoms. The lowest BCUT2D eigenvalue weighted by Crippen LogP contribution is -2.42. The van der Waals surface area contributed by atoms with Crippen LogP contribution in [0, 0.1) is 29.3 Å². The second-order valence-electron chi connectivity index (χ2n) is 10.3. The Balaban J connectivity index is 1.21. The van der Waals surface area contributed by atoms with Crippen LogP contribution < -0.4 is 20.1 Å². The summed E-state index contributed by atoms with van der Waals surface area (Å²) in [6, 6.07) is 17.3. The Bertz CT molecular complexity index is 1370. The molecule has 5 rings (SSSR count). The molecule has 3 aromatic rings. The zero-order chi connectivity index (χ0) is 28.1. The van der Waals surface area contributed by atoms with Crippen LogP contribution in [0.25, 0.3) is 5.57 Å². The van der Waals surface area contributed by atoms with Crippen LogP contribution in [-0.4, -0.2) is 32.7 Å². The quantitative estimate of drug-likeness (QED) is 0.227. The van der Waals surface area contributed by atoms with Crippen molar-refractivity contribution in [3.63, 3.8) is 0 Å². The molecular formula is C32H33F3N2O3. The number of hydrogen-bond acceptors (Lipinski definition) is 4. The molecule has 0 radical (unpaired) electrons. The van der Waals surface area contributed by atoms with Gasteiger partial charge in [-0.3, -0.25) is 4.79 Å². The lowest BCUT2D eigenvalue weighted by atomic mass is 9.88. The van der Waals surface area contributed by atoms with Gasteiger partial charge in [0.05, 0.1) is 25.7 Å². The van der Waals surface area contributed by atoms with E-state index in [1.807, 2.05) is 48.5 Å². The van der Waals surface area contributed by atoms with Crippen molar-refractivity contribution in [1.29, 1.82) is 0 Å². The Morgan fingerprint density at radius 1 is 1.02 bits per heavy atom. The number of carbonyl (C=O) groups excluding carboxylic acids is 1. The summed E-state index contributed by atoms with van der Waals surface area (Å²) in [5.41, 5.74) is 3.99. The summed E-state index contributed by atoms with van der Waals surface area (Å²) in [6.07, 6.45) is 5.33. The molecule has 2 N–H and O–H groups in total. The molecule has 2 aliphatic rings. The number of aryl methyl sites for hydroxylation is 1. The van der Waals surface area contributed by atoms with Crippen molar-refractivity contribution >= 4 is 11.5 Å². The van der Waals surface area contributed by atoms with E-state index in [0.29, 0.717) is 31.8 Å². The molecule has 3 aromatic carbocycles. The topological polar surface area (TPSA) is 59.6 Å². The first-order chi connectivity index (χ1) is 19.5. The van der Waals surface area contributed by atoms with E-state index in [1.165, 1.54) is 0 Å². The van der Waals surface area contributed by atoms with E-state index in [0.717, 1.165) is 53.0 Å². The summed E-state index contributed by atoms with van der Waals surface area (Å²) in [5.74, 6) is -3.24. The largest absolute Gasteiger partial charge is 0.496 e. The highest BCUT2D eigenvalue weighted by molar-refractivity contribution is 5.93. The molecule has 210 valence electrons. The van der Waals surface area contributed by atoms with E-state index in [1.54, 1.807) is 7.11 Å². The van der Waals surface area contributed by atoms with E-state index in [4.69, 9.17) is 9.47 Å². The summed E-state index contributed by atoms with van der Waals surface area (Å²) in [4.78, 5) is 13.6. The van der Waals surface area contributed by atoms with E-state index in [-0.39, 0.29) is 24.5 Å². The zero-order valence-corrected chi connectivity index (χ0v) is 22.4. The summed E-state index contributed by atoms with van der Waals surface area (Å²) in [7, 11) is 1.65. The molecule has 0 spiro atoms. The number of halogens is 3. The predicted octanol–water partition coefficient (Wildman–Crippen LogP) is 5.99. The third-order valence-electron chi connectivity index (χ3n) is 7.52. The van der Waals surface area contributed by atoms with Crippen LogP contribution in [0.15, 0.2) is 66.7 Å². The summed E-state index contributed by atoms with van der Waals surface area (Å²) in [5, 5.41) is 6.63. The van der Waals surface area contributed by atoms with Crippen molar-refractivity contribution in [3.05, 3.63) is 101 Å². The van der Waals surface area contributed by atoms with Gasteiger partial charge >= 0.3 is 0 Å². The SMILES string of the molecule is COc1ccccc1C(NC(=O)C1CNCC=C1c1ccc(CCCOc2c(F)ccc(F)c2F)cc1)C1CC1. The molecule has 0 saturated heterocycles. The normalized spacial score (nSPS) is 17.6. The number of para-hydroxylation sites is 1. The van der Waals surface area contributed by atoms with E-state index < -0.39 is 23.2 Å². The molecule has 1 amide bonds. The molecule has 5 nitrogen and oxygen atoms in total. The van der Waals surface area contributed by atoms with Gasteiger partial charge in [-0.25, -0.2) is 8.78 Å². The standard InChI is InChI=1S/C32H33F3N2O3/c1-39-28-7-3-2-6-24(28)30(22-12-13-22)37-32(38)25-19-36-17-16-23(25)21-10-8-20(9-11-21)5-4-18-40-31-27(34)15-14-26(33)29(31)35/h2-3,6-11,14-16,22,25,30,36H,4-5,12-13,17-19H2,1H3,(H,37,38). The maximum Gasteiger partial charge on any atom is 0.229 e. The minimum atomic E-state index is -1.32. The fourth-order valence-electron chi connectivity index (χ4n) is 5.23. The molecule has 8 heteroatoms. The first-order valence-electron chi connectivity index (χ1n) is 13.7. The van der Waals surface area contributed by atoms with Crippen molar-refractivity contribution < 1.29 is 27.4 Å². The molecule has 40 heavy (non-hydrogen) atoms. The van der Waals surface area contributed by atoms with Gasteiger partial charge in [0, 0.05) is 18.7 Å². The average Bonchev–Trinajstić information content (AvgIpc) is 3.83. The molecule has 1 aliphatic carbocycles. The van der Waals surface area contributed by atoms with Gasteiger partial charge in [-0.05, 0) is 66.5 Å². The molecular weight excluding hydrogens is 517 g/mol. The van der Waals surface area contributed by atoms with Crippen molar-refractivity contribution in [2.75, 3.05) is 26.8 Å². The Morgan fingerprint density at radius 3 is 2.52 bits per heavy atom. The second-order valence-corrected chi connectivity index (χ2v) is 10.3. The number of methoxy groups -OCH3 is 1. The van der Waals surface area contributed by atoms with Gasteiger partial charge in [0.25, 0.3) is 0 Å². The molecule has 1 heterocycles. The predicted molar refractivity (Wildman–Crippen MR) is 148 cm³/mol. The van der Waals surface area contributed by atoms with Gasteiger partial charge in [0.2, 0.25) is 11.7 Å². The van der Waals surface area contributed by atoms with Gasteiger partial charge in [-0.2, -0.15) is 4.39 Å². The van der Waals surface area contributed by atoms with E-state index in [2.05, 4.69) is 16.7 Å². The van der Waals surface area contributed by atoms with Gasteiger partial charge in [0.1, 0.15) is 5.75 Å². The van der Waals surface area contributed by atoms with Crippen molar-refractivity contribution in [2.45, 2.75) is 31.7 Å². The van der Waals surface area contributed by atoms with Crippen LogP contribution in [-0.2, 0) is 11.2 Å². The van der Waals surface area contributed by atoms with Crippen LogP contribution in [0.3, 0.4) is 0 Å². The summed E-state index contributed by atoms with van der Waals surface area (Å²) in [6.45, 7) is 1.28. The molecule has 2 unspecified atom stereocenters. The molecule has 1 fully saturated rings. The summed E-state index contributed by atoms with van der Waals surface area (Å²) >= 11 is 0. The third-order valence-corrected chi connectivity index (χ3v) is 7.52. The zero-order valence-electron chi connectivity index (χ0n) is 22.4. The van der Waals surface area contributed by atoms with Crippen molar-refractivity contribution in [3.8, 4) is 11.5 Å². The fourth-order valence-corrected chi connectivity index (χ4v) is 5.23. The third kappa shape index (κ3) is 6.33. The van der Waals surface area contributed by atoms with Crippen LogP contribution in [0.5, 0.6) is 11.5 Å². The second kappa shape index (κ2) is 12.6. The number of ether oxygens (including phenoxy) is 2. The minimum Gasteiger partial charge on any atom is -0.496 e. The highest BCUT2D eigenvalue weighted by atomic mass is 19.2. The highest BCUT2D eigenvalue weighted by Crippen LogP contribution is 2.44. The minimum absolute atomic E-state index is 0.0145. The average molecular weight is 551 g/mol. The van der Waals surface area contributed by atoms with Crippen molar-refractivity contribution in [2.24, 2.45) is 11.8 Å². The van der Waals surface area contributed by atoms with Crippen LogP contribution in [0.1, 0.15) is 42.0 Å². The summed E-state index contributed by atoms with van der Waals surface area (Å²) < 4.78 is 51.6. The first-order valence-corrected chi connectivity index (χ1v) is 13.7. The molecule has 0 aromatic heterocycles. The molecule has 1 aliphatic heterocycles. The number of carbonyl (C=O) groups is 1. The number of nitrogens with one attached hydrogen (secondary N) is 2. The molecule has 1 saturated carbocycles. The maximum atomic E-state index is 13.8. The van der Waals surface area contributed by atoms with E-state index in [9.17, 15) is 18.0 Å². The number of hydrogen-bond donors (Lipinski definition) is 2. The monoisotopic (exact) mass is 550 g/mol. The number of rotatable bonds is 11. The van der Waals surface area contributed by atoms with Gasteiger partial charge in [-0.15, -0.1) is 0 Å². The lowest BCUT2D eigenvalue weighted by Gasteiger charge is -2.28. The lowest BCUT2D eigenvalue weighted by molar-refractivity contribution is -0.124. The van der Waals surface area contributed by atoms with E-state index >= 15 is 0 Å². The number of benzene rings is 3. The Morgan fingerprint density at radius 2 is 1.77 bits per heavy atom. The Hall–Kier alpha value is -3.78. The van der Waals surface area contributed by atoms with Gasteiger partial charge in [0.15, 0.2) is 17.4 Å². The van der Waals surface area contributed by atoms with Gasteiger partial charge in [-0.1, -0.05) is 48.5 Å². The Kier molecular flexibility index (Phi) is 8.75. The van der Waals surface area contributed by atoms with Gasteiger partial charge < -0.3 is 20.1 Å². The highest BCUT2D eigenvalue weighted by Gasteiger charge is 2.37. The first kappa shape index (κ1) is 27.8. The smallest absolute Gasteiger partial charge is 0.229 e.